The molecule has 0 fully saturated rings. The van der Waals surface area contributed by atoms with E-state index in [1.165, 1.54) is 6.26 Å². The lowest BCUT2D eigenvalue weighted by molar-refractivity contribution is -0.133. The van der Waals surface area contributed by atoms with Crippen LogP contribution in [0, 0.1) is 5.92 Å². The van der Waals surface area contributed by atoms with Gasteiger partial charge in [0, 0.05) is 31.0 Å². The van der Waals surface area contributed by atoms with Crippen molar-refractivity contribution in [1.82, 2.24) is 10.2 Å². The third kappa shape index (κ3) is 3.96. The zero-order chi connectivity index (χ0) is 20.3. The second-order valence-corrected chi connectivity index (χ2v) is 7.22. The Morgan fingerprint density at radius 2 is 1.89 bits per heavy atom. The van der Waals surface area contributed by atoms with Crippen LogP contribution in [0.2, 0.25) is 0 Å². The molecule has 0 saturated carbocycles. The highest BCUT2D eigenvalue weighted by Gasteiger charge is 2.29. The first kappa shape index (κ1) is 19.7. The van der Waals surface area contributed by atoms with E-state index in [0.717, 1.165) is 28.7 Å². The Labute approximate surface area is 164 Å². The Balaban J connectivity index is 1.79. The first-order chi connectivity index (χ1) is 13.4. The van der Waals surface area contributed by atoms with Crippen molar-refractivity contribution in [3.05, 3.63) is 59.7 Å². The lowest BCUT2D eigenvalue weighted by Crippen LogP contribution is -2.50. The molecule has 6 heteroatoms. The molecule has 0 saturated heterocycles. The van der Waals surface area contributed by atoms with Crippen molar-refractivity contribution in [3.8, 4) is 0 Å². The number of benzene rings is 1. The van der Waals surface area contributed by atoms with E-state index in [-0.39, 0.29) is 17.6 Å². The molecule has 0 aliphatic carbocycles. The summed E-state index contributed by atoms with van der Waals surface area (Å²) in [5.74, 6) is 0.452. The topological polar surface area (TPSA) is 75.7 Å². The Kier molecular flexibility index (Phi) is 5.87. The standard InChI is InChI=1S/C22H26N2O4/c1-5-17-16(15-9-6-7-10-18(15)28-17)13-24(4)22(26)20(14(2)3)23-21(25)19-11-8-12-27-19/h6-12,14,20H,5,13H2,1-4H3,(H,23,25)/t20-/m0/s1. The number of fused-ring (bicyclic) bond motifs is 1. The number of nitrogens with zero attached hydrogens (tertiary/aromatic N) is 1. The molecule has 3 rings (SSSR count). The molecule has 6 nitrogen and oxygen atoms in total. The first-order valence-electron chi connectivity index (χ1n) is 9.51. The van der Waals surface area contributed by atoms with E-state index in [4.69, 9.17) is 8.83 Å². The second kappa shape index (κ2) is 8.33. The Bertz CT molecular complexity index is 956. The number of hydrogen-bond acceptors (Lipinski definition) is 4. The third-order valence-electron chi connectivity index (χ3n) is 4.84. The number of aryl methyl sites for hydroxylation is 1. The fourth-order valence-corrected chi connectivity index (χ4v) is 3.29. The maximum Gasteiger partial charge on any atom is 0.287 e. The number of rotatable bonds is 7. The van der Waals surface area contributed by atoms with E-state index < -0.39 is 11.9 Å². The van der Waals surface area contributed by atoms with Crippen LogP contribution < -0.4 is 5.32 Å². The van der Waals surface area contributed by atoms with Crippen molar-refractivity contribution in [2.24, 2.45) is 5.92 Å². The number of para-hydroxylation sites is 1. The quantitative estimate of drug-likeness (QED) is 0.670. The Morgan fingerprint density at radius 1 is 1.14 bits per heavy atom. The van der Waals surface area contributed by atoms with Gasteiger partial charge in [-0.25, -0.2) is 0 Å². The minimum Gasteiger partial charge on any atom is -0.461 e. The molecule has 148 valence electrons. The van der Waals surface area contributed by atoms with Gasteiger partial charge in [-0.1, -0.05) is 39.0 Å². The highest BCUT2D eigenvalue weighted by molar-refractivity contribution is 5.95. The molecule has 2 heterocycles. The van der Waals surface area contributed by atoms with Gasteiger partial charge in [0.1, 0.15) is 17.4 Å². The van der Waals surface area contributed by atoms with Crippen LogP contribution >= 0.6 is 0 Å². The van der Waals surface area contributed by atoms with Crippen LogP contribution in [0.3, 0.4) is 0 Å². The molecule has 0 unspecified atom stereocenters. The molecule has 1 aromatic carbocycles. The summed E-state index contributed by atoms with van der Waals surface area (Å²) in [4.78, 5) is 27.1. The number of hydrogen-bond donors (Lipinski definition) is 1. The smallest absolute Gasteiger partial charge is 0.287 e. The average Bonchev–Trinajstić information content (AvgIpc) is 3.33. The normalized spacial score (nSPS) is 12.3. The molecule has 2 aromatic heterocycles. The van der Waals surface area contributed by atoms with Gasteiger partial charge in [0.15, 0.2) is 5.76 Å². The van der Waals surface area contributed by atoms with Gasteiger partial charge in [0.05, 0.1) is 6.26 Å². The highest BCUT2D eigenvalue weighted by atomic mass is 16.3. The molecule has 0 aliphatic heterocycles. The van der Waals surface area contributed by atoms with Crippen LogP contribution in [0.25, 0.3) is 11.0 Å². The summed E-state index contributed by atoms with van der Waals surface area (Å²) in [6, 6.07) is 10.4. The van der Waals surface area contributed by atoms with Crippen LogP contribution in [0.1, 0.15) is 42.6 Å². The van der Waals surface area contributed by atoms with Crippen LogP contribution in [0.4, 0.5) is 0 Å². The molecule has 0 aliphatic rings. The van der Waals surface area contributed by atoms with Crippen LogP contribution in [-0.4, -0.2) is 29.8 Å². The van der Waals surface area contributed by atoms with Gasteiger partial charge in [-0.05, 0) is 24.1 Å². The minimum absolute atomic E-state index is 0.0689. The fourth-order valence-electron chi connectivity index (χ4n) is 3.29. The predicted octanol–water partition coefficient (Wildman–Crippen LogP) is 4.00. The van der Waals surface area contributed by atoms with E-state index >= 15 is 0 Å². The molecule has 1 N–H and O–H groups in total. The summed E-state index contributed by atoms with van der Waals surface area (Å²) in [5.41, 5.74) is 1.83. The van der Waals surface area contributed by atoms with Crippen molar-refractivity contribution < 1.29 is 18.4 Å². The number of furan rings is 2. The van der Waals surface area contributed by atoms with E-state index in [9.17, 15) is 9.59 Å². The third-order valence-corrected chi connectivity index (χ3v) is 4.84. The highest BCUT2D eigenvalue weighted by Crippen LogP contribution is 2.27. The predicted molar refractivity (Wildman–Crippen MR) is 107 cm³/mol. The molecular weight excluding hydrogens is 356 g/mol. The molecule has 3 aromatic rings. The van der Waals surface area contributed by atoms with Crippen molar-refractivity contribution in [2.75, 3.05) is 7.05 Å². The number of likely N-dealkylation sites (N-methyl/N-ethyl adjacent to an activating group) is 1. The van der Waals surface area contributed by atoms with E-state index in [1.54, 1.807) is 24.1 Å². The number of carbonyl (C=O) groups is 2. The lowest BCUT2D eigenvalue weighted by atomic mass is 10.0. The van der Waals surface area contributed by atoms with Crippen molar-refractivity contribution in [2.45, 2.75) is 39.8 Å². The summed E-state index contributed by atoms with van der Waals surface area (Å²) in [5, 5.41) is 3.81. The maximum atomic E-state index is 13.1. The summed E-state index contributed by atoms with van der Waals surface area (Å²) in [7, 11) is 1.75. The van der Waals surface area contributed by atoms with Crippen molar-refractivity contribution in [1.29, 1.82) is 0 Å². The molecule has 1 atom stereocenters. The monoisotopic (exact) mass is 382 g/mol. The molecule has 28 heavy (non-hydrogen) atoms. The van der Waals surface area contributed by atoms with Gasteiger partial charge < -0.3 is 19.1 Å². The Morgan fingerprint density at radius 3 is 2.54 bits per heavy atom. The van der Waals surface area contributed by atoms with E-state index in [2.05, 4.69) is 5.32 Å². The molecule has 0 radical (unpaired) electrons. The lowest BCUT2D eigenvalue weighted by Gasteiger charge is -2.27. The number of amides is 2. The molecule has 0 bridgehead atoms. The minimum atomic E-state index is -0.647. The molecular formula is C22H26N2O4. The van der Waals surface area contributed by atoms with Crippen LogP contribution in [-0.2, 0) is 17.8 Å². The summed E-state index contributed by atoms with van der Waals surface area (Å²) in [6.07, 6.45) is 2.18. The first-order valence-corrected chi connectivity index (χ1v) is 9.51. The summed E-state index contributed by atoms with van der Waals surface area (Å²) in [6.45, 7) is 6.26. The Hall–Kier alpha value is -3.02. The molecule has 2 amide bonds. The summed E-state index contributed by atoms with van der Waals surface area (Å²) >= 11 is 0. The zero-order valence-electron chi connectivity index (χ0n) is 16.7. The van der Waals surface area contributed by atoms with E-state index in [1.807, 2.05) is 45.0 Å². The maximum absolute atomic E-state index is 13.1. The van der Waals surface area contributed by atoms with E-state index in [0.29, 0.717) is 6.54 Å². The molecule has 0 spiro atoms. The van der Waals surface area contributed by atoms with Crippen molar-refractivity contribution >= 4 is 22.8 Å². The zero-order valence-corrected chi connectivity index (χ0v) is 16.7. The van der Waals surface area contributed by atoms with Gasteiger partial charge >= 0.3 is 0 Å². The number of nitrogens with one attached hydrogen (secondary N) is 1. The van der Waals surface area contributed by atoms with Gasteiger partial charge in [0.2, 0.25) is 5.91 Å². The average molecular weight is 382 g/mol. The van der Waals surface area contributed by atoms with Crippen LogP contribution in [0.5, 0.6) is 0 Å². The van der Waals surface area contributed by atoms with Gasteiger partial charge in [-0.3, -0.25) is 9.59 Å². The van der Waals surface area contributed by atoms with Gasteiger partial charge in [0.25, 0.3) is 5.91 Å². The van der Waals surface area contributed by atoms with Gasteiger partial charge in [-0.2, -0.15) is 0 Å². The number of carbonyl (C=O) groups excluding carboxylic acids is 2. The second-order valence-electron chi connectivity index (χ2n) is 7.22. The van der Waals surface area contributed by atoms with Gasteiger partial charge in [-0.15, -0.1) is 0 Å². The van der Waals surface area contributed by atoms with Crippen molar-refractivity contribution in [3.63, 3.8) is 0 Å². The SMILES string of the molecule is CCc1oc2ccccc2c1CN(C)C(=O)[C@@H](NC(=O)c1ccco1)C(C)C. The largest absolute Gasteiger partial charge is 0.461 e. The van der Waals surface area contributed by atoms with Crippen LogP contribution in [0.15, 0.2) is 51.5 Å². The fraction of sp³-hybridized carbons (Fsp3) is 0.364. The summed E-state index contributed by atoms with van der Waals surface area (Å²) < 4.78 is 11.1.